The van der Waals surface area contributed by atoms with Crippen molar-refractivity contribution in [3.8, 4) is 0 Å². The van der Waals surface area contributed by atoms with Gasteiger partial charge in [-0.25, -0.2) is 0 Å². The van der Waals surface area contributed by atoms with E-state index in [-0.39, 0.29) is 12.8 Å². The number of carbonyl (C=O) groups is 1. The van der Waals surface area contributed by atoms with Gasteiger partial charge in [0.1, 0.15) is 11.3 Å². The maximum atomic E-state index is 12.5. The molecule has 0 heterocycles. The van der Waals surface area contributed by atoms with Crippen LogP contribution in [0.2, 0.25) is 15.5 Å². The molecule has 1 aromatic rings. The second-order valence-electron chi connectivity index (χ2n) is 5.19. The first-order valence-corrected chi connectivity index (χ1v) is 6.25. The number of nitrogens with two attached hydrogens (primary N) is 1. The van der Waals surface area contributed by atoms with Gasteiger partial charge in [-0.2, -0.15) is 0 Å². The predicted molar refractivity (Wildman–Crippen MR) is 80.0 cm³/mol. The lowest BCUT2D eigenvalue weighted by Gasteiger charge is -2.53. The molecule has 0 aromatic heterocycles. The summed E-state index contributed by atoms with van der Waals surface area (Å²) in [6.07, 6.45) is 0.451. The summed E-state index contributed by atoms with van der Waals surface area (Å²) < 4.78 is 0. The van der Waals surface area contributed by atoms with E-state index in [0.717, 1.165) is 0 Å². The van der Waals surface area contributed by atoms with Crippen LogP contribution in [0.4, 0.5) is 0 Å². The lowest BCUT2D eigenvalue weighted by atomic mass is 9.24. The number of halogens is 1. The van der Waals surface area contributed by atoms with Gasteiger partial charge in [0.05, 0.1) is 31.4 Å². The number of hydrogen-bond donors (Lipinski definition) is 1. The highest BCUT2D eigenvalue weighted by atomic mass is 35.5. The Morgan fingerprint density at radius 1 is 1.11 bits per heavy atom. The van der Waals surface area contributed by atoms with E-state index >= 15 is 0 Å². The lowest BCUT2D eigenvalue weighted by Crippen LogP contribution is -2.58. The number of carbonyl (C=O) groups excluding carboxylic acids is 1. The molecule has 0 saturated heterocycles. The predicted octanol–water partition coefficient (Wildman–Crippen LogP) is 0.763. The van der Waals surface area contributed by atoms with Gasteiger partial charge in [0.2, 0.25) is 0 Å². The van der Waals surface area contributed by atoms with Gasteiger partial charge in [-0.3, -0.25) is 4.79 Å². The van der Waals surface area contributed by atoms with E-state index in [0.29, 0.717) is 10.6 Å². The number of benzene rings is 1. The SMILES string of the molecule is [B]C1([B])CCC(N)(c2ccccc2Cl)C(=O)C1([B])[B]. The van der Waals surface area contributed by atoms with Crippen molar-refractivity contribution < 1.29 is 4.79 Å². The fourth-order valence-electron chi connectivity index (χ4n) is 2.38. The summed E-state index contributed by atoms with van der Waals surface area (Å²) in [6, 6.07) is 6.82. The van der Waals surface area contributed by atoms with Crippen LogP contribution in [0, 0.1) is 0 Å². The summed E-state index contributed by atoms with van der Waals surface area (Å²) in [5, 5.41) is -3.01. The number of Topliss-reactive ketones (excluding diaryl/α,β-unsaturated/α-hetero) is 1. The minimum Gasteiger partial charge on any atom is -0.315 e. The Morgan fingerprint density at radius 3 is 2.26 bits per heavy atom. The second kappa shape index (κ2) is 4.46. The molecule has 0 spiro atoms. The van der Waals surface area contributed by atoms with E-state index in [2.05, 4.69) is 0 Å². The number of hydrogen-bond acceptors (Lipinski definition) is 2. The molecule has 7 heteroatoms. The van der Waals surface area contributed by atoms with Gasteiger partial charge in [0.15, 0.2) is 0 Å². The van der Waals surface area contributed by atoms with Crippen molar-refractivity contribution in [3.63, 3.8) is 0 Å². The molecule has 1 saturated carbocycles. The standard InChI is InChI=1S/C12H10B4ClNO/c13-11(14)6-5-10(18,9(19)12(11,15)16)7-3-1-2-4-8(7)17/h1-4H,5-6,18H2. The fourth-order valence-corrected chi connectivity index (χ4v) is 2.69. The molecule has 1 aliphatic rings. The van der Waals surface area contributed by atoms with Crippen LogP contribution in [0.1, 0.15) is 18.4 Å². The fraction of sp³-hybridized carbons (Fsp3) is 0.417. The zero-order valence-corrected chi connectivity index (χ0v) is 11.2. The number of ketones is 1. The van der Waals surface area contributed by atoms with Crippen molar-refractivity contribution in [2.75, 3.05) is 0 Å². The molecule has 1 aliphatic carbocycles. The third-order valence-corrected chi connectivity index (χ3v) is 4.17. The molecule has 1 aromatic carbocycles. The molecule has 2 rings (SSSR count). The highest BCUT2D eigenvalue weighted by molar-refractivity contribution is 6.62. The van der Waals surface area contributed by atoms with Crippen LogP contribution in [0.25, 0.3) is 0 Å². The van der Waals surface area contributed by atoms with E-state index in [1.165, 1.54) is 0 Å². The van der Waals surface area contributed by atoms with Crippen molar-refractivity contribution >= 4 is 48.8 Å². The third kappa shape index (κ3) is 2.09. The van der Waals surface area contributed by atoms with Gasteiger partial charge in [-0.1, -0.05) is 41.4 Å². The Bertz CT molecular complexity index is 534. The molecule has 19 heavy (non-hydrogen) atoms. The molecule has 0 aliphatic heterocycles. The van der Waals surface area contributed by atoms with Crippen molar-refractivity contribution in [2.24, 2.45) is 5.73 Å². The van der Waals surface area contributed by atoms with E-state index in [9.17, 15) is 4.79 Å². The van der Waals surface area contributed by atoms with Crippen LogP contribution in [0.3, 0.4) is 0 Å². The molecule has 0 bridgehead atoms. The first-order chi connectivity index (χ1) is 8.63. The Labute approximate surface area is 123 Å². The molecule has 0 amide bonds. The van der Waals surface area contributed by atoms with Crippen molar-refractivity contribution in [2.45, 2.75) is 28.8 Å². The van der Waals surface area contributed by atoms with Gasteiger partial charge < -0.3 is 5.73 Å². The lowest BCUT2D eigenvalue weighted by molar-refractivity contribution is -0.128. The highest BCUT2D eigenvalue weighted by Crippen LogP contribution is 2.55. The molecular formula is C12H10B4ClNO. The Balaban J connectivity index is 2.53. The Morgan fingerprint density at radius 2 is 1.68 bits per heavy atom. The summed E-state index contributed by atoms with van der Waals surface area (Å²) in [5.41, 5.74) is 5.33. The zero-order chi connectivity index (χ0) is 14.5. The molecule has 1 atom stereocenters. The minimum atomic E-state index is -1.90. The first-order valence-electron chi connectivity index (χ1n) is 5.87. The quantitative estimate of drug-likeness (QED) is 0.760. The van der Waals surface area contributed by atoms with Crippen LogP contribution in [-0.2, 0) is 10.3 Å². The summed E-state index contributed by atoms with van der Waals surface area (Å²) in [6.45, 7) is 0. The molecule has 1 fully saturated rings. The smallest absolute Gasteiger partial charge is 0.145 e. The third-order valence-electron chi connectivity index (χ3n) is 3.84. The normalized spacial score (nSPS) is 29.1. The zero-order valence-electron chi connectivity index (χ0n) is 10.4. The molecule has 8 radical (unpaired) electrons. The van der Waals surface area contributed by atoms with E-state index < -0.39 is 21.7 Å². The Kier molecular flexibility index (Phi) is 3.47. The van der Waals surface area contributed by atoms with Gasteiger partial charge in [0, 0.05) is 5.02 Å². The summed E-state index contributed by atoms with van der Waals surface area (Å²) in [4.78, 5) is 12.5. The maximum absolute atomic E-state index is 12.5. The molecule has 88 valence electrons. The molecule has 2 N–H and O–H groups in total. The first kappa shape index (κ1) is 14.8. The largest absolute Gasteiger partial charge is 0.315 e. The van der Waals surface area contributed by atoms with E-state index in [1.807, 2.05) is 0 Å². The van der Waals surface area contributed by atoms with Crippen LogP contribution >= 0.6 is 11.6 Å². The summed E-state index contributed by atoms with van der Waals surface area (Å²) in [5.74, 6) is -0.607. The van der Waals surface area contributed by atoms with Crippen molar-refractivity contribution in [1.29, 1.82) is 0 Å². The average Bonchev–Trinajstić information content (AvgIpc) is 2.34. The van der Waals surface area contributed by atoms with Crippen LogP contribution in [0.15, 0.2) is 24.3 Å². The monoisotopic (exact) mass is 263 g/mol. The maximum Gasteiger partial charge on any atom is 0.145 e. The van der Waals surface area contributed by atoms with Crippen LogP contribution < -0.4 is 5.73 Å². The van der Waals surface area contributed by atoms with Crippen LogP contribution in [0.5, 0.6) is 0 Å². The topological polar surface area (TPSA) is 43.1 Å². The summed E-state index contributed by atoms with van der Waals surface area (Å²) >= 11 is 6.10. The summed E-state index contributed by atoms with van der Waals surface area (Å²) in [7, 11) is 23.2. The molecule has 2 nitrogen and oxygen atoms in total. The Hall–Kier alpha value is -0.600. The number of rotatable bonds is 1. The average molecular weight is 263 g/mol. The second-order valence-corrected chi connectivity index (χ2v) is 5.60. The van der Waals surface area contributed by atoms with E-state index in [1.54, 1.807) is 24.3 Å². The minimum absolute atomic E-state index is 0.216. The molecular weight excluding hydrogens is 253 g/mol. The van der Waals surface area contributed by atoms with Gasteiger partial charge in [0.25, 0.3) is 0 Å². The van der Waals surface area contributed by atoms with Gasteiger partial charge >= 0.3 is 0 Å². The highest BCUT2D eigenvalue weighted by Gasteiger charge is 2.54. The molecule has 1 unspecified atom stereocenters. The van der Waals surface area contributed by atoms with Crippen molar-refractivity contribution in [3.05, 3.63) is 34.9 Å². The van der Waals surface area contributed by atoms with Crippen LogP contribution in [-0.4, -0.2) is 37.2 Å². The van der Waals surface area contributed by atoms with E-state index in [4.69, 9.17) is 48.7 Å². The van der Waals surface area contributed by atoms with Crippen molar-refractivity contribution in [1.82, 2.24) is 0 Å². The van der Waals surface area contributed by atoms with Gasteiger partial charge in [-0.05, 0) is 18.1 Å². The van der Waals surface area contributed by atoms with Gasteiger partial charge in [-0.15, -0.1) is 5.21 Å².